The van der Waals surface area contributed by atoms with Crippen molar-refractivity contribution in [3.05, 3.63) is 60.8 Å². The van der Waals surface area contributed by atoms with Crippen molar-refractivity contribution in [2.75, 3.05) is 26.3 Å². The van der Waals surface area contributed by atoms with Crippen LogP contribution in [-0.4, -0.2) is 48.2 Å². The summed E-state index contributed by atoms with van der Waals surface area (Å²) in [6, 6.07) is 18.5. The number of fused-ring (bicyclic) bond motifs is 1. The van der Waals surface area contributed by atoms with Crippen LogP contribution >= 0.6 is 24.8 Å². The molecule has 5 rings (SSSR count). The van der Waals surface area contributed by atoms with E-state index in [9.17, 15) is 4.79 Å². The molecule has 1 unspecified atom stereocenters. The van der Waals surface area contributed by atoms with E-state index < -0.39 is 0 Å². The molecule has 2 aromatic carbocycles. The minimum absolute atomic E-state index is 0. The van der Waals surface area contributed by atoms with Crippen LogP contribution in [0.5, 0.6) is 5.75 Å². The molecule has 0 spiro atoms. The summed E-state index contributed by atoms with van der Waals surface area (Å²) in [6.45, 7) is 2.82. The molecule has 2 aliphatic rings. The second-order valence-electron chi connectivity index (χ2n) is 8.14. The number of ether oxygens (including phenoxy) is 2. The average Bonchev–Trinajstić information content (AvgIpc) is 3.34. The van der Waals surface area contributed by atoms with Gasteiger partial charge in [0.2, 0.25) is 5.91 Å². The maximum Gasteiger partial charge on any atom is 0.228 e. The molecule has 0 saturated carbocycles. The molecule has 1 aromatic heterocycles. The molecule has 1 atom stereocenters. The van der Waals surface area contributed by atoms with Gasteiger partial charge < -0.3 is 14.4 Å². The predicted molar refractivity (Wildman–Crippen MR) is 131 cm³/mol. The molecule has 170 valence electrons. The minimum atomic E-state index is 0. The first kappa shape index (κ1) is 24.3. The van der Waals surface area contributed by atoms with Crippen molar-refractivity contribution in [2.45, 2.75) is 25.4 Å². The number of aromatic nitrogens is 1. The summed E-state index contributed by atoms with van der Waals surface area (Å²) in [5.41, 5.74) is 3.23. The molecule has 3 heterocycles. The number of nitrogens with zero attached hydrogens (tertiary/aromatic N) is 2. The molecule has 7 heteroatoms. The van der Waals surface area contributed by atoms with E-state index in [4.69, 9.17) is 9.47 Å². The van der Waals surface area contributed by atoms with Gasteiger partial charge in [0.05, 0.1) is 18.0 Å². The van der Waals surface area contributed by atoms with Gasteiger partial charge in [-0.3, -0.25) is 9.78 Å². The second-order valence-corrected chi connectivity index (χ2v) is 8.14. The SMILES string of the molecule is Cl.Cl.O=C(C1CCOC1)N1CCC(Oc2ccc(-c3cnc4ccccc4c3)cc2)CC1. The highest BCUT2D eigenvalue weighted by Gasteiger charge is 2.31. The summed E-state index contributed by atoms with van der Waals surface area (Å²) in [5, 5.41) is 1.14. The highest BCUT2D eigenvalue weighted by Crippen LogP contribution is 2.27. The number of hydrogen-bond donors (Lipinski definition) is 0. The lowest BCUT2D eigenvalue weighted by Crippen LogP contribution is -2.44. The first-order chi connectivity index (χ1) is 14.8. The molecule has 0 N–H and O–H groups in total. The summed E-state index contributed by atoms with van der Waals surface area (Å²) in [6.07, 6.45) is 4.67. The van der Waals surface area contributed by atoms with E-state index >= 15 is 0 Å². The summed E-state index contributed by atoms with van der Waals surface area (Å²) in [5.74, 6) is 1.18. The quantitative estimate of drug-likeness (QED) is 0.524. The van der Waals surface area contributed by atoms with E-state index in [1.165, 1.54) is 0 Å². The van der Waals surface area contributed by atoms with Gasteiger partial charge in [-0.05, 0) is 36.2 Å². The fraction of sp³-hybridized carbons (Fsp3) is 0.360. The number of pyridine rings is 1. The van der Waals surface area contributed by atoms with Gasteiger partial charge in [0.25, 0.3) is 0 Å². The highest BCUT2D eigenvalue weighted by molar-refractivity contribution is 5.86. The van der Waals surface area contributed by atoms with Crippen LogP contribution in [0.15, 0.2) is 60.8 Å². The number of halogens is 2. The number of hydrogen-bond acceptors (Lipinski definition) is 4. The van der Waals surface area contributed by atoms with Crippen molar-refractivity contribution >= 4 is 41.6 Å². The first-order valence-corrected chi connectivity index (χ1v) is 10.7. The first-order valence-electron chi connectivity index (χ1n) is 10.7. The molecule has 2 fully saturated rings. The number of benzene rings is 2. The lowest BCUT2D eigenvalue weighted by Gasteiger charge is -2.33. The van der Waals surface area contributed by atoms with Gasteiger partial charge in [0.1, 0.15) is 11.9 Å². The zero-order valence-corrected chi connectivity index (χ0v) is 19.4. The minimum Gasteiger partial charge on any atom is -0.490 e. The third-order valence-electron chi connectivity index (χ3n) is 6.11. The maximum absolute atomic E-state index is 12.5. The normalized spacial score (nSPS) is 18.6. The topological polar surface area (TPSA) is 51.7 Å². The molecule has 0 radical (unpaired) electrons. The largest absolute Gasteiger partial charge is 0.490 e. The third kappa shape index (κ3) is 5.34. The Morgan fingerprint density at radius 2 is 1.72 bits per heavy atom. The van der Waals surface area contributed by atoms with Crippen LogP contribution in [0.25, 0.3) is 22.0 Å². The van der Waals surface area contributed by atoms with Crippen molar-refractivity contribution < 1.29 is 14.3 Å². The van der Waals surface area contributed by atoms with Crippen LogP contribution in [0.3, 0.4) is 0 Å². The van der Waals surface area contributed by atoms with Gasteiger partial charge in [-0.25, -0.2) is 0 Å². The zero-order valence-electron chi connectivity index (χ0n) is 17.8. The Balaban J connectivity index is 0.00000144. The smallest absolute Gasteiger partial charge is 0.228 e. The molecule has 2 saturated heterocycles. The summed E-state index contributed by atoms with van der Waals surface area (Å²) in [7, 11) is 0. The van der Waals surface area contributed by atoms with Crippen LogP contribution in [-0.2, 0) is 9.53 Å². The fourth-order valence-corrected chi connectivity index (χ4v) is 4.33. The molecule has 2 aliphatic heterocycles. The lowest BCUT2D eigenvalue weighted by molar-refractivity contribution is -0.137. The van der Waals surface area contributed by atoms with Crippen LogP contribution in [0.2, 0.25) is 0 Å². The average molecular weight is 475 g/mol. The number of piperidine rings is 1. The van der Waals surface area contributed by atoms with E-state index in [0.717, 1.165) is 60.1 Å². The van der Waals surface area contributed by atoms with Crippen molar-refractivity contribution in [2.24, 2.45) is 5.92 Å². The molecule has 0 bridgehead atoms. The Morgan fingerprint density at radius 1 is 0.969 bits per heavy atom. The third-order valence-corrected chi connectivity index (χ3v) is 6.11. The van der Waals surface area contributed by atoms with Crippen molar-refractivity contribution in [1.29, 1.82) is 0 Å². The van der Waals surface area contributed by atoms with Crippen molar-refractivity contribution in [1.82, 2.24) is 9.88 Å². The van der Waals surface area contributed by atoms with Crippen LogP contribution < -0.4 is 4.74 Å². The molecular weight excluding hydrogens is 447 g/mol. The van der Waals surface area contributed by atoms with E-state index in [2.05, 4.69) is 29.2 Å². The van der Waals surface area contributed by atoms with E-state index in [1.54, 1.807) is 0 Å². The van der Waals surface area contributed by atoms with Gasteiger partial charge >= 0.3 is 0 Å². The lowest BCUT2D eigenvalue weighted by atomic mass is 10.0. The van der Waals surface area contributed by atoms with Crippen molar-refractivity contribution in [3.63, 3.8) is 0 Å². The Kier molecular flexibility index (Phi) is 8.35. The number of carbonyl (C=O) groups excluding carboxylic acids is 1. The molecule has 5 nitrogen and oxygen atoms in total. The van der Waals surface area contributed by atoms with Gasteiger partial charge in [0.15, 0.2) is 0 Å². The van der Waals surface area contributed by atoms with Gasteiger partial charge in [0, 0.05) is 49.7 Å². The zero-order chi connectivity index (χ0) is 20.3. The fourth-order valence-electron chi connectivity index (χ4n) is 4.33. The number of para-hydroxylation sites is 1. The maximum atomic E-state index is 12.5. The van der Waals surface area contributed by atoms with Crippen LogP contribution in [0, 0.1) is 5.92 Å². The molecule has 3 aromatic rings. The van der Waals surface area contributed by atoms with E-state index in [1.807, 2.05) is 41.4 Å². The molecule has 0 aliphatic carbocycles. The second kappa shape index (κ2) is 11.0. The number of amides is 1. The molecule has 1 amide bonds. The highest BCUT2D eigenvalue weighted by atomic mass is 35.5. The van der Waals surface area contributed by atoms with E-state index in [0.29, 0.717) is 13.2 Å². The number of carbonyl (C=O) groups is 1. The molecule has 32 heavy (non-hydrogen) atoms. The van der Waals surface area contributed by atoms with Crippen LogP contribution in [0.1, 0.15) is 19.3 Å². The predicted octanol–water partition coefficient (Wildman–Crippen LogP) is 5.15. The van der Waals surface area contributed by atoms with E-state index in [-0.39, 0.29) is 42.7 Å². The van der Waals surface area contributed by atoms with Gasteiger partial charge in [-0.15, -0.1) is 24.8 Å². The van der Waals surface area contributed by atoms with Crippen LogP contribution in [0.4, 0.5) is 0 Å². The van der Waals surface area contributed by atoms with Crippen molar-refractivity contribution in [3.8, 4) is 16.9 Å². The standard InChI is InChI=1S/C25H26N2O3.2ClH/c28-25(20-11-14-29-17-20)27-12-9-23(10-13-27)30-22-7-5-18(6-8-22)21-15-19-3-1-2-4-24(19)26-16-21;;/h1-8,15-16,20,23H,9-14,17H2;2*1H. The molecular formula is C25H28Cl2N2O3. The van der Waals surface area contributed by atoms with Gasteiger partial charge in [-0.2, -0.15) is 0 Å². The monoisotopic (exact) mass is 474 g/mol. The Hall–Kier alpha value is -2.34. The Labute approximate surface area is 200 Å². The van der Waals surface area contributed by atoms with Gasteiger partial charge in [-0.1, -0.05) is 30.3 Å². The summed E-state index contributed by atoms with van der Waals surface area (Å²) >= 11 is 0. The summed E-state index contributed by atoms with van der Waals surface area (Å²) < 4.78 is 11.5. The number of likely N-dealkylation sites (tertiary alicyclic amines) is 1. The Morgan fingerprint density at radius 3 is 2.44 bits per heavy atom. The summed E-state index contributed by atoms with van der Waals surface area (Å²) in [4.78, 5) is 19.1. The number of rotatable bonds is 4. The Bertz CT molecular complexity index is 1030.